The van der Waals surface area contributed by atoms with Crippen LogP contribution in [0.1, 0.15) is 33.2 Å². The first-order valence-corrected chi connectivity index (χ1v) is 8.39. The summed E-state index contributed by atoms with van der Waals surface area (Å²) in [6, 6.07) is 9.28. The Morgan fingerprint density at radius 1 is 1.12 bits per heavy atom. The number of anilines is 1. The maximum Gasteiger partial charge on any atom is 0.257 e. The molecule has 0 unspecified atom stereocenters. The lowest BCUT2D eigenvalue weighted by atomic mass is 10.1. The zero-order valence-electron chi connectivity index (χ0n) is 14.2. The van der Waals surface area contributed by atoms with Gasteiger partial charge in [0.2, 0.25) is 0 Å². The summed E-state index contributed by atoms with van der Waals surface area (Å²) in [5.74, 6) is -0.411. The molecule has 1 fully saturated rings. The van der Waals surface area contributed by atoms with Crippen molar-refractivity contribution in [2.45, 2.75) is 13.3 Å². The van der Waals surface area contributed by atoms with Crippen LogP contribution in [0.2, 0.25) is 0 Å². The average molecular weight is 339 g/mol. The number of rotatable bonds is 4. The summed E-state index contributed by atoms with van der Waals surface area (Å²) >= 11 is 0. The van der Waals surface area contributed by atoms with Gasteiger partial charge >= 0.3 is 0 Å². The molecule has 25 heavy (non-hydrogen) atoms. The fourth-order valence-electron chi connectivity index (χ4n) is 2.66. The molecule has 0 atom stereocenters. The Labute approximate surface area is 146 Å². The number of ether oxygens (including phenoxy) is 1. The van der Waals surface area contributed by atoms with Crippen LogP contribution < -0.4 is 5.32 Å². The van der Waals surface area contributed by atoms with Crippen molar-refractivity contribution in [3.05, 3.63) is 59.4 Å². The zero-order chi connectivity index (χ0) is 17.6. The third-order valence-electron chi connectivity index (χ3n) is 4.17. The number of carbonyl (C=O) groups is 2. The first-order chi connectivity index (χ1) is 12.2. The lowest BCUT2D eigenvalue weighted by Crippen LogP contribution is -2.40. The van der Waals surface area contributed by atoms with Crippen LogP contribution in [0.5, 0.6) is 0 Å². The number of pyridine rings is 1. The maximum atomic E-state index is 12.5. The minimum Gasteiger partial charge on any atom is -0.378 e. The summed E-state index contributed by atoms with van der Waals surface area (Å²) < 4.78 is 5.26. The largest absolute Gasteiger partial charge is 0.378 e. The molecular formula is C19H21N3O3. The summed E-state index contributed by atoms with van der Waals surface area (Å²) in [6.07, 6.45) is 3.90. The Balaban J connectivity index is 1.71. The molecule has 1 aromatic carbocycles. The molecule has 6 nitrogen and oxygen atoms in total. The topological polar surface area (TPSA) is 71.5 Å². The van der Waals surface area contributed by atoms with Crippen LogP contribution in [-0.2, 0) is 11.2 Å². The highest BCUT2D eigenvalue weighted by molar-refractivity contribution is 6.05. The van der Waals surface area contributed by atoms with Gasteiger partial charge in [-0.15, -0.1) is 0 Å². The minimum absolute atomic E-state index is 0.127. The van der Waals surface area contributed by atoms with Gasteiger partial charge in [0.25, 0.3) is 11.8 Å². The van der Waals surface area contributed by atoms with Crippen molar-refractivity contribution in [1.82, 2.24) is 9.88 Å². The van der Waals surface area contributed by atoms with Gasteiger partial charge < -0.3 is 15.0 Å². The second-order valence-corrected chi connectivity index (χ2v) is 5.87. The number of amides is 2. The molecular weight excluding hydrogens is 318 g/mol. The highest BCUT2D eigenvalue weighted by Gasteiger charge is 2.20. The lowest BCUT2D eigenvalue weighted by molar-refractivity contribution is 0.0302. The smallest absolute Gasteiger partial charge is 0.257 e. The van der Waals surface area contributed by atoms with Crippen LogP contribution in [-0.4, -0.2) is 48.0 Å². The fraction of sp³-hybridized carbons (Fsp3) is 0.316. The van der Waals surface area contributed by atoms with Crippen LogP contribution in [0.3, 0.4) is 0 Å². The van der Waals surface area contributed by atoms with E-state index in [1.165, 1.54) is 18.0 Å². The van der Waals surface area contributed by atoms with Crippen molar-refractivity contribution in [3.63, 3.8) is 0 Å². The molecule has 2 heterocycles. The normalized spacial score (nSPS) is 14.2. The van der Waals surface area contributed by atoms with E-state index in [0.29, 0.717) is 43.1 Å². The van der Waals surface area contributed by atoms with Crippen LogP contribution in [0.15, 0.2) is 42.7 Å². The van der Waals surface area contributed by atoms with E-state index in [4.69, 9.17) is 4.74 Å². The zero-order valence-corrected chi connectivity index (χ0v) is 14.2. The third-order valence-corrected chi connectivity index (χ3v) is 4.17. The number of aryl methyl sites for hydroxylation is 1. The van der Waals surface area contributed by atoms with E-state index < -0.39 is 0 Å². The van der Waals surface area contributed by atoms with Crippen LogP contribution in [0, 0.1) is 0 Å². The van der Waals surface area contributed by atoms with Crippen molar-refractivity contribution < 1.29 is 14.3 Å². The number of hydrogen-bond donors (Lipinski definition) is 1. The van der Waals surface area contributed by atoms with Gasteiger partial charge in [0.1, 0.15) is 0 Å². The molecule has 1 aliphatic rings. The number of benzene rings is 1. The van der Waals surface area contributed by atoms with Crippen molar-refractivity contribution >= 4 is 17.5 Å². The van der Waals surface area contributed by atoms with E-state index in [0.717, 1.165) is 6.42 Å². The molecule has 0 saturated carbocycles. The molecule has 0 radical (unpaired) electrons. The van der Waals surface area contributed by atoms with Gasteiger partial charge in [-0.2, -0.15) is 0 Å². The SMILES string of the molecule is CCc1ccc(NC(=O)c2cncc(C(=O)N3CCOCC3)c2)cc1. The van der Waals surface area contributed by atoms with Gasteiger partial charge in [-0.25, -0.2) is 0 Å². The van der Waals surface area contributed by atoms with Gasteiger partial charge in [0, 0.05) is 31.2 Å². The van der Waals surface area contributed by atoms with E-state index in [1.54, 1.807) is 11.0 Å². The number of hydrogen-bond acceptors (Lipinski definition) is 4. The average Bonchev–Trinajstić information content (AvgIpc) is 2.68. The monoisotopic (exact) mass is 339 g/mol. The predicted molar refractivity (Wildman–Crippen MR) is 94.7 cm³/mol. The standard InChI is InChI=1S/C19H21N3O3/c1-2-14-3-5-17(6-4-14)21-18(23)15-11-16(13-20-12-15)19(24)22-7-9-25-10-8-22/h3-6,11-13H,2,7-10H2,1H3,(H,21,23). The first-order valence-electron chi connectivity index (χ1n) is 8.39. The molecule has 1 aliphatic heterocycles. The molecule has 0 bridgehead atoms. The highest BCUT2D eigenvalue weighted by Crippen LogP contribution is 2.13. The summed E-state index contributed by atoms with van der Waals surface area (Å²) in [5.41, 5.74) is 2.69. The number of nitrogens with zero attached hydrogens (tertiary/aromatic N) is 2. The molecule has 1 aromatic heterocycles. The number of aromatic nitrogens is 1. The van der Waals surface area contributed by atoms with Crippen LogP contribution >= 0.6 is 0 Å². The van der Waals surface area contributed by atoms with E-state index in [-0.39, 0.29) is 11.8 Å². The second-order valence-electron chi connectivity index (χ2n) is 5.87. The molecule has 1 N–H and O–H groups in total. The Bertz CT molecular complexity index is 753. The van der Waals surface area contributed by atoms with Gasteiger partial charge in [-0.1, -0.05) is 19.1 Å². The van der Waals surface area contributed by atoms with E-state index in [2.05, 4.69) is 17.2 Å². The number of carbonyl (C=O) groups excluding carboxylic acids is 2. The lowest BCUT2D eigenvalue weighted by Gasteiger charge is -2.26. The Kier molecular flexibility index (Phi) is 5.40. The molecule has 6 heteroatoms. The molecule has 2 amide bonds. The Hall–Kier alpha value is -2.73. The van der Waals surface area contributed by atoms with Gasteiger partial charge in [0.05, 0.1) is 24.3 Å². The van der Waals surface area contributed by atoms with Crippen molar-refractivity contribution in [2.75, 3.05) is 31.6 Å². The molecule has 0 spiro atoms. The Morgan fingerprint density at radius 2 is 1.80 bits per heavy atom. The molecule has 130 valence electrons. The van der Waals surface area contributed by atoms with Crippen LogP contribution in [0.25, 0.3) is 0 Å². The summed E-state index contributed by atoms with van der Waals surface area (Å²) in [7, 11) is 0. The summed E-state index contributed by atoms with van der Waals surface area (Å²) in [6.45, 7) is 4.26. The van der Waals surface area contributed by atoms with E-state index in [1.807, 2.05) is 24.3 Å². The minimum atomic E-state index is -0.284. The van der Waals surface area contributed by atoms with Crippen molar-refractivity contribution in [2.24, 2.45) is 0 Å². The first kappa shape index (κ1) is 17.1. The molecule has 3 rings (SSSR count). The fourth-order valence-corrected chi connectivity index (χ4v) is 2.66. The van der Waals surface area contributed by atoms with E-state index in [9.17, 15) is 9.59 Å². The second kappa shape index (κ2) is 7.90. The molecule has 0 aliphatic carbocycles. The van der Waals surface area contributed by atoms with Gasteiger partial charge in [0.15, 0.2) is 0 Å². The quantitative estimate of drug-likeness (QED) is 0.928. The maximum absolute atomic E-state index is 12.5. The van der Waals surface area contributed by atoms with Crippen LogP contribution in [0.4, 0.5) is 5.69 Å². The summed E-state index contributed by atoms with van der Waals surface area (Å²) in [5, 5.41) is 2.83. The predicted octanol–water partition coefficient (Wildman–Crippen LogP) is 2.37. The van der Waals surface area contributed by atoms with Gasteiger partial charge in [-0.05, 0) is 30.2 Å². The molecule has 2 aromatic rings. The highest BCUT2D eigenvalue weighted by atomic mass is 16.5. The third kappa shape index (κ3) is 4.22. The Morgan fingerprint density at radius 3 is 2.48 bits per heavy atom. The van der Waals surface area contributed by atoms with Gasteiger partial charge in [-0.3, -0.25) is 14.6 Å². The number of nitrogens with one attached hydrogen (secondary N) is 1. The van der Waals surface area contributed by atoms with Crippen molar-refractivity contribution in [3.8, 4) is 0 Å². The molecule has 1 saturated heterocycles. The summed E-state index contributed by atoms with van der Waals surface area (Å²) in [4.78, 5) is 30.7. The number of morpholine rings is 1. The van der Waals surface area contributed by atoms with E-state index >= 15 is 0 Å². The van der Waals surface area contributed by atoms with Crippen molar-refractivity contribution in [1.29, 1.82) is 0 Å².